The van der Waals surface area contributed by atoms with Crippen LogP contribution >= 0.6 is 0 Å². The van der Waals surface area contributed by atoms with Gasteiger partial charge in [-0.25, -0.2) is 9.67 Å². The minimum Gasteiger partial charge on any atom is -0.457 e. The highest BCUT2D eigenvalue weighted by Crippen LogP contribution is 2.43. The molecule has 0 N–H and O–H groups in total. The SMILES string of the molecule is CC(C)(C)c1cc(C(C)(C)C)n(-c2cccc(Oc3cc(C(C)(C)C)c4c5ccccc5n(-c5cc(C(C)(C)c6ccccc6)ccn5)c4c3)c2)n1. The molecule has 0 amide bonds. The lowest BCUT2D eigenvalue weighted by atomic mass is 9.78. The Morgan fingerprint density at radius 1 is 0.558 bits per heavy atom. The van der Waals surface area contributed by atoms with E-state index in [1.807, 2.05) is 12.3 Å². The molecule has 4 aromatic carbocycles. The molecule has 0 spiro atoms. The largest absolute Gasteiger partial charge is 0.457 e. The highest BCUT2D eigenvalue weighted by Gasteiger charge is 2.28. The normalized spacial score (nSPS) is 12.9. The van der Waals surface area contributed by atoms with Crippen LogP contribution in [0.25, 0.3) is 33.3 Å². The molecule has 0 fully saturated rings. The number of ether oxygens (including phenoxy) is 1. The first kappa shape index (κ1) is 35.3. The molecule has 7 aromatic rings. The minimum atomic E-state index is -0.206. The summed E-state index contributed by atoms with van der Waals surface area (Å²) in [6, 6.07) is 38.7. The molecule has 0 unspecified atom stereocenters. The van der Waals surface area contributed by atoms with Crippen molar-refractivity contribution in [3.05, 3.63) is 143 Å². The maximum Gasteiger partial charge on any atom is 0.137 e. The summed E-state index contributed by atoms with van der Waals surface area (Å²) in [6.45, 7) is 24.7. The van der Waals surface area contributed by atoms with Crippen molar-refractivity contribution in [3.63, 3.8) is 0 Å². The van der Waals surface area contributed by atoms with Crippen LogP contribution < -0.4 is 4.74 Å². The first-order valence-corrected chi connectivity index (χ1v) is 18.4. The molecular formula is C47H52N4O. The topological polar surface area (TPSA) is 44.9 Å². The fraction of sp³-hybridized carbons (Fsp3) is 0.319. The molecule has 52 heavy (non-hydrogen) atoms. The summed E-state index contributed by atoms with van der Waals surface area (Å²) < 4.78 is 11.2. The highest BCUT2D eigenvalue weighted by molar-refractivity contribution is 6.11. The van der Waals surface area contributed by atoms with Crippen molar-refractivity contribution >= 4 is 21.8 Å². The molecule has 0 bridgehead atoms. The monoisotopic (exact) mass is 688 g/mol. The highest BCUT2D eigenvalue weighted by atomic mass is 16.5. The number of hydrogen-bond acceptors (Lipinski definition) is 3. The third kappa shape index (κ3) is 6.42. The van der Waals surface area contributed by atoms with Crippen molar-refractivity contribution in [2.24, 2.45) is 0 Å². The van der Waals surface area contributed by atoms with Crippen LogP contribution in [0.1, 0.15) is 104 Å². The predicted octanol–water partition coefficient (Wildman–Crippen LogP) is 12.4. The Morgan fingerprint density at radius 3 is 1.96 bits per heavy atom. The standard InChI is InChI=1S/C47H52N4O/c1-44(2,3)37-28-35(52-34-21-17-20-33(27-34)51-41(46(7,8)9)30-40(49-51)45(4,5)6)29-39-43(37)36-22-15-16-23-38(36)50(39)42-26-32(24-25-48-42)47(10,11)31-18-13-12-14-19-31/h12-30H,1-11H3. The fourth-order valence-electron chi connectivity index (χ4n) is 7.21. The van der Waals surface area contributed by atoms with E-state index in [0.717, 1.165) is 39.7 Å². The maximum absolute atomic E-state index is 6.83. The van der Waals surface area contributed by atoms with Crippen LogP contribution in [0.5, 0.6) is 11.5 Å². The Bertz CT molecular complexity index is 2410. The van der Waals surface area contributed by atoms with E-state index >= 15 is 0 Å². The summed E-state index contributed by atoms with van der Waals surface area (Å²) >= 11 is 0. The second kappa shape index (κ2) is 12.5. The number of fused-ring (bicyclic) bond motifs is 3. The van der Waals surface area contributed by atoms with Crippen LogP contribution in [0, 0.1) is 0 Å². The Morgan fingerprint density at radius 2 is 1.27 bits per heavy atom. The first-order chi connectivity index (χ1) is 24.4. The smallest absolute Gasteiger partial charge is 0.137 e. The van der Waals surface area contributed by atoms with Crippen LogP contribution in [0.2, 0.25) is 0 Å². The molecule has 266 valence electrons. The average molecular weight is 689 g/mol. The van der Waals surface area contributed by atoms with Crippen molar-refractivity contribution in [2.45, 2.75) is 97.8 Å². The quantitative estimate of drug-likeness (QED) is 0.175. The van der Waals surface area contributed by atoms with E-state index in [1.165, 1.54) is 33.2 Å². The summed E-state index contributed by atoms with van der Waals surface area (Å²) in [5.41, 5.74) is 8.59. The molecule has 0 saturated heterocycles. The Balaban J connectivity index is 1.39. The summed E-state index contributed by atoms with van der Waals surface area (Å²) in [6.07, 6.45) is 1.94. The van der Waals surface area contributed by atoms with Gasteiger partial charge in [0.2, 0.25) is 0 Å². The van der Waals surface area contributed by atoms with E-state index in [1.54, 1.807) is 0 Å². The van der Waals surface area contributed by atoms with E-state index in [-0.39, 0.29) is 21.7 Å². The number of para-hydroxylation sites is 1. The summed E-state index contributed by atoms with van der Waals surface area (Å²) in [7, 11) is 0. The van der Waals surface area contributed by atoms with Crippen LogP contribution in [-0.2, 0) is 21.7 Å². The lowest BCUT2D eigenvalue weighted by molar-refractivity contribution is 0.478. The van der Waals surface area contributed by atoms with Crippen LogP contribution in [0.15, 0.2) is 115 Å². The molecule has 5 nitrogen and oxygen atoms in total. The fourth-order valence-corrected chi connectivity index (χ4v) is 7.21. The summed E-state index contributed by atoms with van der Waals surface area (Å²) in [5, 5.41) is 7.54. The predicted molar refractivity (Wildman–Crippen MR) is 217 cm³/mol. The number of benzene rings is 4. The third-order valence-electron chi connectivity index (χ3n) is 10.3. The average Bonchev–Trinajstić information content (AvgIpc) is 3.70. The lowest BCUT2D eigenvalue weighted by Crippen LogP contribution is -2.19. The molecule has 7 rings (SSSR count). The number of rotatable bonds is 6. The Kier molecular flexibility index (Phi) is 8.48. The van der Waals surface area contributed by atoms with E-state index in [0.29, 0.717) is 0 Å². The first-order valence-electron chi connectivity index (χ1n) is 18.4. The van der Waals surface area contributed by atoms with E-state index in [4.69, 9.17) is 14.8 Å². The molecule has 5 heteroatoms. The molecule has 0 saturated carbocycles. The van der Waals surface area contributed by atoms with E-state index in [2.05, 4.69) is 189 Å². The molecule has 0 aliphatic carbocycles. The van der Waals surface area contributed by atoms with Crippen LogP contribution in [0.3, 0.4) is 0 Å². The third-order valence-corrected chi connectivity index (χ3v) is 10.3. The van der Waals surface area contributed by atoms with Gasteiger partial charge in [0.1, 0.15) is 17.3 Å². The van der Waals surface area contributed by atoms with Gasteiger partial charge in [-0.3, -0.25) is 4.57 Å². The second-order valence-corrected chi connectivity index (χ2v) is 17.8. The van der Waals surface area contributed by atoms with Gasteiger partial charge in [-0.05, 0) is 64.6 Å². The van der Waals surface area contributed by atoms with Gasteiger partial charge in [0.25, 0.3) is 0 Å². The Labute approximate surface area is 309 Å². The van der Waals surface area contributed by atoms with Gasteiger partial charge < -0.3 is 4.74 Å². The zero-order valence-corrected chi connectivity index (χ0v) is 32.7. The molecular weight excluding hydrogens is 637 g/mol. The zero-order chi connectivity index (χ0) is 37.2. The molecule has 3 heterocycles. The second-order valence-electron chi connectivity index (χ2n) is 17.8. The zero-order valence-electron chi connectivity index (χ0n) is 32.7. The van der Waals surface area contributed by atoms with Gasteiger partial charge in [-0.1, -0.05) is 131 Å². The van der Waals surface area contributed by atoms with Gasteiger partial charge in [-0.15, -0.1) is 0 Å². The number of nitrogens with zero attached hydrogens (tertiary/aromatic N) is 4. The molecule has 0 aliphatic heterocycles. The van der Waals surface area contributed by atoms with E-state index in [9.17, 15) is 0 Å². The van der Waals surface area contributed by atoms with Crippen molar-refractivity contribution in [1.82, 2.24) is 19.3 Å². The van der Waals surface area contributed by atoms with E-state index < -0.39 is 0 Å². The minimum absolute atomic E-state index is 0.0672. The van der Waals surface area contributed by atoms with Crippen molar-refractivity contribution < 1.29 is 4.74 Å². The van der Waals surface area contributed by atoms with Gasteiger partial charge in [0.15, 0.2) is 0 Å². The van der Waals surface area contributed by atoms with Gasteiger partial charge in [-0.2, -0.15) is 5.10 Å². The van der Waals surface area contributed by atoms with Crippen molar-refractivity contribution in [2.75, 3.05) is 0 Å². The number of pyridine rings is 1. The lowest BCUT2D eigenvalue weighted by Gasteiger charge is -2.26. The molecule has 0 radical (unpaired) electrons. The van der Waals surface area contributed by atoms with Crippen LogP contribution in [0.4, 0.5) is 0 Å². The molecule has 0 atom stereocenters. The number of hydrogen-bond donors (Lipinski definition) is 0. The summed E-state index contributed by atoms with van der Waals surface area (Å²) in [4.78, 5) is 5.00. The van der Waals surface area contributed by atoms with Crippen molar-refractivity contribution in [3.8, 4) is 23.0 Å². The molecule has 0 aliphatic rings. The van der Waals surface area contributed by atoms with Gasteiger partial charge in [0.05, 0.1) is 22.4 Å². The van der Waals surface area contributed by atoms with Crippen molar-refractivity contribution in [1.29, 1.82) is 0 Å². The van der Waals surface area contributed by atoms with Crippen LogP contribution in [-0.4, -0.2) is 19.3 Å². The number of aromatic nitrogens is 4. The summed E-state index contributed by atoms with van der Waals surface area (Å²) in [5.74, 6) is 2.43. The van der Waals surface area contributed by atoms with Gasteiger partial charge in [0, 0.05) is 51.0 Å². The maximum atomic E-state index is 6.83. The van der Waals surface area contributed by atoms with Gasteiger partial charge >= 0.3 is 0 Å². The Hall–Kier alpha value is -5.16. The molecule has 3 aromatic heterocycles.